The Hall–Kier alpha value is -2.78. The summed E-state index contributed by atoms with van der Waals surface area (Å²) in [7, 11) is 0. The summed E-state index contributed by atoms with van der Waals surface area (Å²) in [6, 6.07) is 22.0. The van der Waals surface area contributed by atoms with Crippen molar-refractivity contribution in [2.75, 3.05) is 0 Å². The van der Waals surface area contributed by atoms with E-state index in [9.17, 15) is 0 Å². The van der Waals surface area contributed by atoms with Gasteiger partial charge in [0.1, 0.15) is 5.52 Å². The minimum atomic E-state index is 0.0482. The molecule has 2 aromatic heterocycles. The van der Waals surface area contributed by atoms with E-state index in [1.807, 2.05) is 11.3 Å². The van der Waals surface area contributed by atoms with Crippen molar-refractivity contribution in [2.24, 2.45) is 5.41 Å². The Kier molecular flexibility index (Phi) is 4.86. The van der Waals surface area contributed by atoms with Crippen LogP contribution in [0.5, 0.6) is 0 Å². The molecule has 0 aliphatic carbocycles. The Morgan fingerprint density at radius 3 is 2.28 bits per heavy atom. The van der Waals surface area contributed by atoms with Gasteiger partial charge in [-0.3, -0.25) is 0 Å². The molecule has 0 radical (unpaired) electrons. The van der Waals surface area contributed by atoms with Crippen LogP contribution in [0.1, 0.15) is 52.7 Å². The summed E-state index contributed by atoms with van der Waals surface area (Å²) >= 11 is 1.85. The van der Waals surface area contributed by atoms with E-state index < -0.39 is 0 Å². The Morgan fingerprint density at radius 2 is 1.53 bits per heavy atom. The third-order valence-corrected chi connectivity index (χ3v) is 7.23. The first-order chi connectivity index (χ1) is 15.1. The lowest BCUT2D eigenvalue weighted by Gasteiger charge is -2.22. The van der Waals surface area contributed by atoms with Gasteiger partial charge in [-0.15, -0.1) is 21.5 Å². The van der Waals surface area contributed by atoms with E-state index in [1.54, 1.807) is 0 Å². The fourth-order valence-electron chi connectivity index (χ4n) is 4.57. The maximum absolute atomic E-state index is 4.72. The van der Waals surface area contributed by atoms with Gasteiger partial charge in [0.05, 0.1) is 10.4 Å². The number of thiophene rings is 1. The number of hydrogen-bond donors (Lipinski definition) is 0. The minimum absolute atomic E-state index is 0.0482. The van der Waals surface area contributed by atoms with Crippen LogP contribution in [0.2, 0.25) is 0 Å². The van der Waals surface area contributed by atoms with Crippen molar-refractivity contribution in [3.63, 3.8) is 0 Å². The summed E-state index contributed by atoms with van der Waals surface area (Å²) in [6.45, 7) is 13.7. The maximum atomic E-state index is 4.72. The number of aromatic nitrogens is 2. The van der Waals surface area contributed by atoms with Crippen molar-refractivity contribution in [1.82, 2.24) is 10.2 Å². The average molecular weight is 439 g/mol. The van der Waals surface area contributed by atoms with Crippen molar-refractivity contribution in [2.45, 2.75) is 53.4 Å². The largest absolute Gasteiger partial charge is 0.150 e. The van der Waals surface area contributed by atoms with Crippen molar-refractivity contribution in [3.05, 3.63) is 71.8 Å². The highest BCUT2D eigenvalue weighted by molar-refractivity contribution is 7.26. The van der Waals surface area contributed by atoms with Crippen molar-refractivity contribution >= 4 is 42.4 Å². The zero-order valence-electron chi connectivity index (χ0n) is 19.8. The summed E-state index contributed by atoms with van der Waals surface area (Å²) in [4.78, 5) is 0. The Morgan fingerprint density at radius 1 is 0.781 bits per heavy atom. The molecule has 0 unspecified atom stereocenters. The Balaban J connectivity index is 1.70. The standard InChI is InChI=1S/C29H30N2S/c1-28(2,3)17-19-11-9-13-22-26-25(32-27(19)22)16-24(30-31-26)20-14-18-10-7-8-12-21(18)23(15-20)29(4,5)6/h7-16H,17H2,1-6H3. The first kappa shape index (κ1) is 21.1. The maximum Gasteiger partial charge on any atom is 0.112 e. The molecule has 3 aromatic carbocycles. The number of nitrogens with zero attached hydrogens (tertiary/aromatic N) is 2. The van der Waals surface area contributed by atoms with Gasteiger partial charge >= 0.3 is 0 Å². The van der Waals surface area contributed by atoms with E-state index in [4.69, 9.17) is 10.2 Å². The first-order valence-electron chi connectivity index (χ1n) is 11.3. The minimum Gasteiger partial charge on any atom is -0.150 e. The molecular formula is C29H30N2S. The van der Waals surface area contributed by atoms with Crippen LogP contribution in [0.3, 0.4) is 0 Å². The molecule has 2 heterocycles. The third kappa shape index (κ3) is 3.80. The zero-order chi connectivity index (χ0) is 22.7. The topological polar surface area (TPSA) is 25.8 Å². The Bertz CT molecular complexity index is 1460. The summed E-state index contributed by atoms with van der Waals surface area (Å²) in [5, 5.41) is 13.2. The van der Waals surface area contributed by atoms with E-state index >= 15 is 0 Å². The summed E-state index contributed by atoms with van der Waals surface area (Å²) in [5.74, 6) is 0. The second-order valence-electron chi connectivity index (χ2n) is 11.1. The van der Waals surface area contributed by atoms with E-state index in [0.29, 0.717) is 0 Å². The van der Waals surface area contributed by atoms with Gasteiger partial charge < -0.3 is 0 Å². The normalized spacial score (nSPS) is 12.8. The van der Waals surface area contributed by atoms with Crippen LogP contribution in [0.15, 0.2) is 60.7 Å². The van der Waals surface area contributed by atoms with Crippen LogP contribution in [0.4, 0.5) is 0 Å². The van der Waals surface area contributed by atoms with Gasteiger partial charge in [-0.2, -0.15) is 0 Å². The van der Waals surface area contributed by atoms with Gasteiger partial charge in [-0.1, -0.05) is 84.0 Å². The number of fused-ring (bicyclic) bond motifs is 4. The fourth-order valence-corrected chi connectivity index (χ4v) is 5.76. The lowest BCUT2D eigenvalue weighted by molar-refractivity contribution is 0.413. The molecule has 0 saturated heterocycles. The lowest BCUT2D eigenvalue weighted by atomic mass is 9.82. The fraction of sp³-hybridized carbons (Fsp3) is 0.310. The van der Waals surface area contributed by atoms with Gasteiger partial charge in [0, 0.05) is 15.6 Å². The van der Waals surface area contributed by atoms with E-state index in [2.05, 4.69) is 102 Å². The highest BCUT2D eigenvalue weighted by Gasteiger charge is 2.20. The molecule has 0 saturated carbocycles. The molecule has 0 aliphatic heterocycles. The smallest absolute Gasteiger partial charge is 0.112 e. The van der Waals surface area contributed by atoms with E-state index in [-0.39, 0.29) is 10.8 Å². The van der Waals surface area contributed by atoms with E-state index in [1.165, 1.54) is 36.7 Å². The summed E-state index contributed by atoms with van der Waals surface area (Å²) in [5.41, 5.74) is 6.13. The lowest BCUT2D eigenvalue weighted by Crippen LogP contribution is -2.12. The second kappa shape index (κ2) is 7.38. The summed E-state index contributed by atoms with van der Waals surface area (Å²) < 4.78 is 2.55. The molecule has 0 atom stereocenters. The average Bonchev–Trinajstić information content (AvgIpc) is 3.10. The molecule has 32 heavy (non-hydrogen) atoms. The highest BCUT2D eigenvalue weighted by atomic mass is 32.1. The molecule has 0 amide bonds. The number of hydrogen-bond acceptors (Lipinski definition) is 3. The van der Waals surface area contributed by atoms with Gasteiger partial charge in [0.2, 0.25) is 0 Å². The highest BCUT2D eigenvalue weighted by Crippen LogP contribution is 2.39. The molecular weight excluding hydrogens is 408 g/mol. The van der Waals surface area contributed by atoms with Crippen LogP contribution in [-0.2, 0) is 11.8 Å². The van der Waals surface area contributed by atoms with Gasteiger partial charge in [0.15, 0.2) is 0 Å². The molecule has 162 valence electrons. The van der Waals surface area contributed by atoms with Gasteiger partial charge in [-0.05, 0) is 57.3 Å². The van der Waals surface area contributed by atoms with Crippen LogP contribution in [0.25, 0.3) is 42.3 Å². The third-order valence-electron chi connectivity index (χ3n) is 6.01. The molecule has 3 heteroatoms. The Labute approximate surface area is 194 Å². The van der Waals surface area contributed by atoms with Gasteiger partial charge in [-0.25, -0.2) is 0 Å². The predicted octanol–water partition coefficient (Wildman–Crippen LogP) is 8.55. The molecule has 0 aliphatic rings. The van der Waals surface area contributed by atoms with E-state index in [0.717, 1.165) is 23.2 Å². The molecule has 0 fully saturated rings. The monoisotopic (exact) mass is 438 g/mol. The first-order valence-corrected chi connectivity index (χ1v) is 12.1. The molecule has 5 aromatic rings. The predicted molar refractivity (Wildman–Crippen MR) is 140 cm³/mol. The van der Waals surface area contributed by atoms with Crippen molar-refractivity contribution in [3.8, 4) is 11.3 Å². The number of rotatable bonds is 2. The second-order valence-corrected chi connectivity index (χ2v) is 12.1. The molecule has 5 rings (SSSR count). The van der Waals surface area contributed by atoms with Crippen LogP contribution >= 0.6 is 11.3 Å². The molecule has 2 nitrogen and oxygen atoms in total. The molecule has 0 N–H and O–H groups in total. The van der Waals surface area contributed by atoms with Crippen molar-refractivity contribution < 1.29 is 0 Å². The quantitative estimate of drug-likeness (QED) is 0.276. The van der Waals surface area contributed by atoms with Crippen LogP contribution in [0, 0.1) is 5.41 Å². The molecule has 0 bridgehead atoms. The SMILES string of the molecule is CC(C)(C)Cc1cccc2c1sc1cc(-c3cc(C(C)(C)C)c4ccccc4c3)nnc12. The van der Waals surface area contributed by atoms with Crippen LogP contribution < -0.4 is 0 Å². The van der Waals surface area contributed by atoms with Crippen molar-refractivity contribution in [1.29, 1.82) is 0 Å². The van der Waals surface area contributed by atoms with Gasteiger partial charge in [0.25, 0.3) is 0 Å². The summed E-state index contributed by atoms with van der Waals surface area (Å²) in [6.07, 6.45) is 1.05. The zero-order valence-corrected chi connectivity index (χ0v) is 20.6. The van der Waals surface area contributed by atoms with Crippen LogP contribution in [-0.4, -0.2) is 10.2 Å². The molecule has 0 spiro atoms. The number of benzene rings is 3.